The van der Waals surface area contributed by atoms with Crippen molar-refractivity contribution >= 4 is 17.0 Å². The predicted octanol–water partition coefficient (Wildman–Crippen LogP) is 3.47. The molecule has 0 unspecified atom stereocenters. The highest BCUT2D eigenvalue weighted by Gasteiger charge is 2.43. The zero-order chi connectivity index (χ0) is 17.6. The summed E-state index contributed by atoms with van der Waals surface area (Å²) in [6, 6.07) is 10.6. The number of rotatable bonds is 3. The number of hydrogen-bond acceptors (Lipinski definition) is 5. The first-order chi connectivity index (χ1) is 12.7. The summed E-state index contributed by atoms with van der Waals surface area (Å²) in [5.41, 5.74) is 10.8. The summed E-state index contributed by atoms with van der Waals surface area (Å²) >= 11 is 0. The van der Waals surface area contributed by atoms with Crippen LogP contribution in [0, 0.1) is 0 Å². The van der Waals surface area contributed by atoms with Crippen LogP contribution in [0.1, 0.15) is 30.7 Å². The van der Waals surface area contributed by atoms with Gasteiger partial charge in [-0.15, -0.1) is 0 Å². The minimum atomic E-state index is -0.0326. The zero-order valence-corrected chi connectivity index (χ0v) is 14.2. The van der Waals surface area contributed by atoms with Gasteiger partial charge in [-0.2, -0.15) is 0 Å². The quantitative estimate of drug-likeness (QED) is 0.594. The standard InChI is InChI=1S/C20H18N6/c21-19-23-10-14(11-24-19)13-2-4-15(5-3-13)20(7-1-8-20)18-25-16-6-9-22-12-17(16)26-18/h2-6,9-12H,1,7-8H2,(H,25,26)(H2,21,23,24). The maximum absolute atomic E-state index is 5.57. The van der Waals surface area contributed by atoms with Crippen molar-refractivity contribution in [1.29, 1.82) is 0 Å². The predicted molar refractivity (Wildman–Crippen MR) is 100 cm³/mol. The lowest BCUT2D eigenvalue weighted by Crippen LogP contribution is -2.36. The van der Waals surface area contributed by atoms with E-state index in [2.05, 4.69) is 44.2 Å². The van der Waals surface area contributed by atoms with Gasteiger partial charge in [0.15, 0.2) is 0 Å². The smallest absolute Gasteiger partial charge is 0.219 e. The minimum Gasteiger partial charge on any atom is -0.368 e. The number of nitrogen functional groups attached to an aromatic ring is 1. The Labute approximate surface area is 150 Å². The number of aromatic nitrogens is 5. The maximum atomic E-state index is 5.57. The van der Waals surface area contributed by atoms with Crippen LogP contribution >= 0.6 is 0 Å². The number of imidazole rings is 1. The number of nitrogens with one attached hydrogen (secondary N) is 1. The van der Waals surface area contributed by atoms with Gasteiger partial charge in [0.2, 0.25) is 5.95 Å². The number of H-pyrrole nitrogens is 1. The lowest BCUT2D eigenvalue weighted by Gasteiger charge is -2.40. The molecule has 3 heterocycles. The Kier molecular flexibility index (Phi) is 3.25. The van der Waals surface area contributed by atoms with Crippen molar-refractivity contribution in [3.63, 3.8) is 0 Å². The number of pyridine rings is 1. The highest BCUT2D eigenvalue weighted by molar-refractivity contribution is 5.74. The number of benzene rings is 1. The molecule has 0 aliphatic heterocycles. The van der Waals surface area contributed by atoms with Crippen molar-refractivity contribution in [1.82, 2.24) is 24.9 Å². The molecule has 6 heteroatoms. The van der Waals surface area contributed by atoms with Crippen LogP contribution in [-0.2, 0) is 5.41 Å². The van der Waals surface area contributed by atoms with E-state index in [1.54, 1.807) is 18.6 Å². The molecule has 0 spiro atoms. The van der Waals surface area contributed by atoms with Gasteiger partial charge in [0.05, 0.1) is 22.6 Å². The van der Waals surface area contributed by atoms with Crippen molar-refractivity contribution in [2.45, 2.75) is 24.7 Å². The van der Waals surface area contributed by atoms with Crippen LogP contribution in [-0.4, -0.2) is 24.9 Å². The Morgan fingerprint density at radius 3 is 2.35 bits per heavy atom. The molecule has 1 aliphatic rings. The Morgan fingerprint density at radius 1 is 0.923 bits per heavy atom. The molecule has 3 aromatic heterocycles. The summed E-state index contributed by atoms with van der Waals surface area (Å²) in [5, 5.41) is 0. The highest BCUT2D eigenvalue weighted by atomic mass is 15.0. The molecule has 4 aromatic rings. The van der Waals surface area contributed by atoms with Crippen LogP contribution in [0.5, 0.6) is 0 Å². The molecule has 0 bridgehead atoms. The molecule has 0 amide bonds. The van der Waals surface area contributed by atoms with Crippen LogP contribution in [0.15, 0.2) is 55.1 Å². The van der Waals surface area contributed by atoms with Crippen molar-refractivity contribution in [2.24, 2.45) is 0 Å². The number of nitrogens with zero attached hydrogens (tertiary/aromatic N) is 4. The minimum absolute atomic E-state index is 0.0326. The molecule has 0 atom stereocenters. The van der Waals surface area contributed by atoms with E-state index in [-0.39, 0.29) is 11.4 Å². The summed E-state index contributed by atoms with van der Waals surface area (Å²) in [7, 11) is 0. The molecule has 128 valence electrons. The van der Waals surface area contributed by atoms with E-state index in [4.69, 9.17) is 10.7 Å². The van der Waals surface area contributed by atoms with Gasteiger partial charge in [0.25, 0.3) is 0 Å². The fourth-order valence-electron chi connectivity index (χ4n) is 3.74. The fourth-order valence-corrected chi connectivity index (χ4v) is 3.74. The second-order valence-electron chi connectivity index (χ2n) is 6.82. The first-order valence-electron chi connectivity index (χ1n) is 8.73. The first-order valence-corrected chi connectivity index (χ1v) is 8.73. The molecule has 3 N–H and O–H groups in total. The van der Waals surface area contributed by atoms with Crippen LogP contribution in [0.25, 0.3) is 22.2 Å². The lowest BCUT2D eigenvalue weighted by molar-refractivity contribution is 0.288. The van der Waals surface area contributed by atoms with Gasteiger partial charge in [-0.1, -0.05) is 30.7 Å². The summed E-state index contributed by atoms with van der Waals surface area (Å²) in [6.45, 7) is 0. The van der Waals surface area contributed by atoms with Crippen LogP contribution in [0.2, 0.25) is 0 Å². The molecule has 1 aromatic carbocycles. The van der Waals surface area contributed by atoms with Crippen LogP contribution in [0.4, 0.5) is 5.95 Å². The van der Waals surface area contributed by atoms with Crippen molar-refractivity contribution in [3.8, 4) is 11.1 Å². The molecular weight excluding hydrogens is 324 g/mol. The van der Waals surface area contributed by atoms with Crippen LogP contribution < -0.4 is 5.73 Å². The van der Waals surface area contributed by atoms with E-state index in [1.807, 2.05) is 12.3 Å². The van der Waals surface area contributed by atoms with Gasteiger partial charge >= 0.3 is 0 Å². The molecule has 1 saturated carbocycles. The Morgan fingerprint density at radius 2 is 1.69 bits per heavy atom. The number of hydrogen-bond donors (Lipinski definition) is 2. The van der Waals surface area contributed by atoms with Gasteiger partial charge in [0.1, 0.15) is 5.82 Å². The average Bonchev–Trinajstić information content (AvgIpc) is 3.06. The Hall–Kier alpha value is -3.28. The largest absolute Gasteiger partial charge is 0.368 e. The van der Waals surface area contributed by atoms with E-state index >= 15 is 0 Å². The van der Waals surface area contributed by atoms with E-state index in [0.717, 1.165) is 40.8 Å². The second-order valence-corrected chi connectivity index (χ2v) is 6.82. The van der Waals surface area contributed by atoms with E-state index in [9.17, 15) is 0 Å². The van der Waals surface area contributed by atoms with Gasteiger partial charge in [-0.25, -0.2) is 15.0 Å². The molecule has 26 heavy (non-hydrogen) atoms. The molecule has 0 saturated heterocycles. The van der Waals surface area contributed by atoms with E-state index in [0.29, 0.717) is 0 Å². The lowest BCUT2D eigenvalue weighted by atomic mass is 9.64. The summed E-state index contributed by atoms with van der Waals surface area (Å²) in [4.78, 5) is 20.7. The number of anilines is 1. The van der Waals surface area contributed by atoms with Gasteiger partial charge in [-0.3, -0.25) is 4.98 Å². The molecule has 6 nitrogen and oxygen atoms in total. The molecule has 5 rings (SSSR count). The summed E-state index contributed by atoms with van der Waals surface area (Å²) in [6.07, 6.45) is 10.5. The number of nitrogens with two attached hydrogens (primary N) is 1. The van der Waals surface area contributed by atoms with Gasteiger partial charge < -0.3 is 10.7 Å². The third-order valence-electron chi connectivity index (χ3n) is 5.39. The van der Waals surface area contributed by atoms with E-state index in [1.165, 1.54) is 12.0 Å². The van der Waals surface area contributed by atoms with Crippen molar-refractivity contribution in [2.75, 3.05) is 5.73 Å². The third kappa shape index (κ3) is 2.26. The number of aromatic amines is 1. The van der Waals surface area contributed by atoms with Crippen molar-refractivity contribution < 1.29 is 0 Å². The monoisotopic (exact) mass is 342 g/mol. The molecule has 1 fully saturated rings. The second kappa shape index (κ2) is 5.62. The third-order valence-corrected chi connectivity index (χ3v) is 5.39. The van der Waals surface area contributed by atoms with E-state index < -0.39 is 0 Å². The zero-order valence-electron chi connectivity index (χ0n) is 14.2. The Bertz CT molecular complexity index is 1030. The first kappa shape index (κ1) is 15.0. The van der Waals surface area contributed by atoms with Gasteiger partial charge in [-0.05, 0) is 30.0 Å². The SMILES string of the molecule is Nc1ncc(-c2ccc(C3(c4nc5ccncc5[nH]4)CCC3)cc2)cn1. The van der Waals surface area contributed by atoms with Gasteiger partial charge in [0, 0.05) is 24.2 Å². The molecule has 1 aliphatic carbocycles. The normalized spacial score (nSPS) is 15.7. The highest BCUT2D eigenvalue weighted by Crippen LogP contribution is 2.48. The summed E-state index contributed by atoms with van der Waals surface area (Å²) < 4.78 is 0. The molecular formula is C20H18N6. The maximum Gasteiger partial charge on any atom is 0.219 e. The molecule has 0 radical (unpaired) electrons. The fraction of sp³-hybridized carbons (Fsp3) is 0.200. The van der Waals surface area contributed by atoms with Crippen LogP contribution in [0.3, 0.4) is 0 Å². The topological polar surface area (TPSA) is 93.4 Å². The Balaban J connectivity index is 1.53. The number of fused-ring (bicyclic) bond motifs is 1. The average molecular weight is 342 g/mol. The van der Waals surface area contributed by atoms with Crippen molar-refractivity contribution in [3.05, 3.63) is 66.5 Å². The summed E-state index contributed by atoms with van der Waals surface area (Å²) in [5.74, 6) is 1.33.